The summed E-state index contributed by atoms with van der Waals surface area (Å²) in [5.74, 6) is -0.175. The number of hydrogen-bond donors (Lipinski definition) is 1. The van der Waals surface area contributed by atoms with Gasteiger partial charge in [-0.15, -0.1) is 6.58 Å². The summed E-state index contributed by atoms with van der Waals surface area (Å²) in [4.78, 5) is 41.4. The summed E-state index contributed by atoms with van der Waals surface area (Å²) in [6.45, 7) is 15.0. The molecule has 2 aromatic carbocycles. The first-order chi connectivity index (χ1) is 20.7. The van der Waals surface area contributed by atoms with Crippen LogP contribution in [0, 0.1) is 10.8 Å². The Balaban J connectivity index is 1.65. The van der Waals surface area contributed by atoms with E-state index in [1.165, 1.54) is 0 Å². The highest BCUT2D eigenvalue weighted by atomic mass is 16.5. The van der Waals surface area contributed by atoms with Gasteiger partial charge in [-0.3, -0.25) is 9.59 Å². The molecule has 5 rings (SSSR count). The molecule has 2 aliphatic carbocycles. The first kappa shape index (κ1) is 31.3. The molecule has 232 valence electrons. The number of rotatable bonds is 9. The fourth-order valence-electron chi connectivity index (χ4n) is 6.98. The first-order valence-corrected chi connectivity index (χ1v) is 15.4. The zero-order chi connectivity index (χ0) is 32.0. The van der Waals surface area contributed by atoms with Crippen LogP contribution in [0.25, 0.3) is 0 Å². The molecule has 0 bridgehead atoms. The van der Waals surface area contributed by atoms with Crippen molar-refractivity contribution < 1.29 is 29.0 Å². The zero-order valence-corrected chi connectivity index (χ0v) is 26.7. The molecule has 44 heavy (non-hydrogen) atoms. The number of Topliss-reactive ketones (excluding diaryl/α,β-unsaturated/α-hetero) is 2. The van der Waals surface area contributed by atoms with Crippen molar-refractivity contribution in [3.05, 3.63) is 93.8 Å². The molecule has 0 atom stereocenters. The monoisotopic (exact) mass is 597 g/mol. The van der Waals surface area contributed by atoms with Crippen molar-refractivity contribution in [1.82, 2.24) is 4.90 Å². The highest BCUT2D eigenvalue weighted by Crippen LogP contribution is 2.54. The number of carboxylic acids is 1. The molecule has 0 saturated carbocycles. The Morgan fingerprint density at radius 1 is 0.955 bits per heavy atom. The number of carbonyl (C=O) groups excluding carboxylic acids is 2. The van der Waals surface area contributed by atoms with Crippen LogP contribution < -0.4 is 9.47 Å². The van der Waals surface area contributed by atoms with E-state index in [-0.39, 0.29) is 34.6 Å². The molecule has 0 aromatic heterocycles. The van der Waals surface area contributed by atoms with Crippen LogP contribution in [0.15, 0.2) is 71.6 Å². The predicted molar refractivity (Wildman–Crippen MR) is 170 cm³/mol. The van der Waals surface area contributed by atoms with Crippen LogP contribution in [0.2, 0.25) is 0 Å². The largest absolute Gasteiger partial charge is 0.490 e. The smallest absolute Gasteiger partial charge is 0.335 e. The third-order valence-corrected chi connectivity index (χ3v) is 8.92. The number of hydrogen-bond acceptors (Lipinski definition) is 6. The molecule has 2 aromatic rings. The van der Waals surface area contributed by atoms with E-state index in [1.807, 2.05) is 26.1 Å². The highest BCUT2D eigenvalue weighted by molar-refractivity contribution is 6.06. The summed E-state index contributed by atoms with van der Waals surface area (Å²) in [5.41, 5.74) is 5.83. The van der Waals surface area contributed by atoms with E-state index < -0.39 is 11.9 Å². The number of aromatic carboxylic acids is 1. The summed E-state index contributed by atoms with van der Waals surface area (Å²) in [6, 6.07) is 10.6. The Labute approximate surface area is 260 Å². The van der Waals surface area contributed by atoms with Crippen LogP contribution in [0.1, 0.15) is 93.3 Å². The third-order valence-electron chi connectivity index (χ3n) is 8.92. The Hall–Kier alpha value is -4.13. The van der Waals surface area contributed by atoms with Gasteiger partial charge >= 0.3 is 5.97 Å². The Kier molecular flexibility index (Phi) is 8.36. The van der Waals surface area contributed by atoms with Gasteiger partial charge in [0, 0.05) is 53.9 Å². The maximum absolute atomic E-state index is 14.0. The van der Waals surface area contributed by atoms with Gasteiger partial charge in [-0.05, 0) is 66.3 Å². The van der Waals surface area contributed by atoms with Gasteiger partial charge in [0.15, 0.2) is 23.1 Å². The van der Waals surface area contributed by atoms with Crippen molar-refractivity contribution in [2.45, 2.75) is 79.2 Å². The standard InChI is InChI=1S/C37H43NO6/c1-8-10-24-15-25(16-30(43-9-2)34(24)44-21-22-11-13-23(14-12-22)35(41)42)31-32-26(17-36(3,4)19-28(32)39)38(7)27-18-37(5,6)20-29(40)33(27)31/h8,11-16,31H,1,9-10,17-21H2,2-7H3,(H,41,42). The van der Waals surface area contributed by atoms with Crippen molar-refractivity contribution in [2.24, 2.45) is 10.8 Å². The Morgan fingerprint density at radius 3 is 2.02 bits per heavy atom. The topological polar surface area (TPSA) is 93.1 Å². The van der Waals surface area contributed by atoms with Crippen molar-refractivity contribution in [1.29, 1.82) is 0 Å². The van der Waals surface area contributed by atoms with E-state index in [0.29, 0.717) is 37.4 Å². The molecule has 0 radical (unpaired) electrons. The van der Waals surface area contributed by atoms with Gasteiger partial charge < -0.3 is 19.5 Å². The van der Waals surface area contributed by atoms with E-state index in [1.54, 1.807) is 30.3 Å². The molecule has 0 fully saturated rings. The fourth-order valence-corrected chi connectivity index (χ4v) is 6.98. The molecule has 0 saturated heterocycles. The summed E-state index contributed by atoms with van der Waals surface area (Å²) >= 11 is 0. The molecular formula is C37H43NO6. The highest BCUT2D eigenvalue weighted by Gasteiger charge is 2.48. The molecule has 3 aliphatic rings. The minimum absolute atomic E-state index is 0.0886. The molecule has 1 N–H and O–H groups in total. The van der Waals surface area contributed by atoms with Crippen molar-refractivity contribution in [3.8, 4) is 11.5 Å². The lowest BCUT2D eigenvalue weighted by atomic mass is 9.63. The van der Waals surface area contributed by atoms with Crippen molar-refractivity contribution in [2.75, 3.05) is 13.7 Å². The van der Waals surface area contributed by atoms with Gasteiger partial charge in [0.25, 0.3) is 0 Å². The predicted octanol–water partition coefficient (Wildman–Crippen LogP) is 7.41. The first-order valence-electron chi connectivity index (χ1n) is 15.4. The zero-order valence-electron chi connectivity index (χ0n) is 26.7. The molecule has 1 aliphatic heterocycles. The van der Waals surface area contributed by atoms with Gasteiger partial charge in [0.2, 0.25) is 0 Å². The lowest BCUT2D eigenvalue weighted by molar-refractivity contribution is -0.119. The molecule has 7 heteroatoms. The summed E-state index contributed by atoms with van der Waals surface area (Å²) < 4.78 is 12.5. The van der Waals surface area contributed by atoms with E-state index in [0.717, 1.165) is 52.1 Å². The van der Waals surface area contributed by atoms with E-state index in [4.69, 9.17) is 9.47 Å². The van der Waals surface area contributed by atoms with Crippen LogP contribution in [-0.4, -0.2) is 41.2 Å². The number of benzene rings is 2. The van der Waals surface area contributed by atoms with Gasteiger partial charge in [0.1, 0.15) is 6.61 Å². The average molecular weight is 598 g/mol. The molecule has 0 spiro atoms. The maximum atomic E-state index is 14.0. The van der Waals surface area contributed by atoms with Crippen molar-refractivity contribution >= 4 is 17.5 Å². The van der Waals surface area contributed by atoms with E-state index in [2.05, 4.69) is 39.2 Å². The minimum Gasteiger partial charge on any atom is -0.490 e. The molecule has 0 unspecified atom stereocenters. The normalized spacial score (nSPS) is 19.5. The van der Waals surface area contributed by atoms with Crippen LogP contribution in [0.5, 0.6) is 11.5 Å². The van der Waals surface area contributed by atoms with Gasteiger partial charge in [-0.2, -0.15) is 0 Å². The molecule has 7 nitrogen and oxygen atoms in total. The average Bonchev–Trinajstić information content (AvgIpc) is 2.93. The quantitative estimate of drug-likeness (QED) is 0.301. The van der Waals surface area contributed by atoms with Crippen LogP contribution in [0.4, 0.5) is 0 Å². The number of allylic oxidation sites excluding steroid dienone is 5. The third kappa shape index (κ3) is 5.97. The lowest BCUT2D eigenvalue weighted by Crippen LogP contribution is -2.43. The van der Waals surface area contributed by atoms with Crippen molar-refractivity contribution in [3.63, 3.8) is 0 Å². The Bertz CT molecular complexity index is 1540. The van der Waals surface area contributed by atoms with E-state index >= 15 is 0 Å². The van der Waals surface area contributed by atoms with Gasteiger partial charge in [-0.25, -0.2) is 4.79 Å². The number of ketones is 2. The summed E-state index contributed by atoms with van der Waals surface area (Å²) in [7, 11) is 2.01. The maximum Gasteiger partial charge on any atom is 0.335 e. The molecule has 0 amide bonds. The minimum atomic E-state index is -0.981. The number of nitrogens with zero attached hydrogens (tertiary/aromatic N) is 1. The second kappa shape index (κ2) is 11.8. The molecular weight excluding hydrogens is 554 g/mol. The second-order valence-corrected chi connectivity index (χ2v) is 13.8. The van der Waals surface area contributed by atoms with Crippen LogP contribution in [-0.2, 0) is 22.6 Å². The summed E-state index contributed by atoms with van der Waals surface area (Å²) in [5, 5.41) is 9.24. The summed E-state index contributed by atoms with van der Waals surface area (Å²) in [6.07, 6.45) is 4.66. The van der Waals surface area contributed by atoms with Gasteiger partial charge in [-0.1, -0.05) is 52.0 Å². The lowest BCUT2D eigenvalue weighted by Gasteiger charge is -2.48. The molecule has 1 heterocycles. The number of ether oxygens (including phenoxy) is 2. The van der Waals surface area contributed by atoms with Gasteiger partial charge in [0.05, 0.1) is 12.2 Å². The number of carbonyl (C=O) groups is 3. The number of carboxylic acid groups (broad SMARTS) is 1. The van der Waals surface area contributed by atoms with E-state index in [9.17, 15) is 19.5 Å². The fraction of sp³-hybridized carbons (Fsp3) is 0.432. The SMILES string of the molecule is C=CCc1cc(C2C3=C(CC(C)(C)CC3=O)N(C)C3=C2C(=O)CC(C)(C)C3)cc(OCC)c1OCc1ccc(C(=O)O)cc1. The Morgan fingerprint density at radius 2 is 1.52 bits per heavy atom. The second-order valence-electron chi connectivity index (χ2n) is 13.8. The van der Waals surface area contributed by atoms with Crippen LogP contribution >= 0.6 is 0 Å². The van der Waals surface area contributed by atoms with Crippen LogP contribution in [0.3, 0.4) is 0 Å².